The van der Waals surface area contributed by atoms with Crippen LogP contribution in [0, 0.1) is 12.8 Å². The lowest BCUT2D eigenvalue weighted by Gasteiger charge is -2.20. The van der Waals surface area contributed by atoms with Gasteiger partial charge in [-0.25, -0.2) is 0 Å². The van der Waals surface area contributed by atoms with Gasteiger partial charge in [-0.05, 0) is 19.9 Å². The van der Waals surface area contributed by atoms with E-state index in [0.717, 1.165) is 38.5 Å². The molecule has 1 aliphatic rings. The first-order valence-corrected chi connectivity index (χ1v) is 7.14. The van der Waals surface area contributed by atoms with Crippen molar-refractivity contribution in [1.29, 1.82) is 0 Å². The van der Waals surface area contributed by atoms with Crippen LogP contribution in [-0.4, -0.2) is 43.1 Å². The SMILES string of the molecule is CCNCc1c(C)nn(C)c1N1CCC(COC)C1. The topological polar surface area (TPSA) is 42.3 Å². The third-order valence-electron chi connectivity index (χ3n) is 3.85. The van der Waals surface area contributed by atoms with Gasteiger partial charge in [0.25, 0.3) is 0 Å². The van der Waals surface area contributed by atoms with Crippen LogP contribution < -0.4 is 10.2 Å². The van der Waals surface area contributed by atoms with Gasteiger partial charge in [-0.1, -0.05) is 6.92 Å². The second-order valence-corrected chi connectivity index (χ2v) is 5.35. The highest BCUT2D eigenvalue weighted by molar-refractivity contribution is 5.51. The van der Waals surface area contributed by atoms with E-state index >= 15 is 0 Å². The van der Waals surface area contributed by atoms with Gasteiger partial charge in [-0.2, -0.15) is 5.10 Å². The van der Waals surface area contributed by atoms with Gasteiger partial charge in [0.05, 0.1) is 12.3 Å². The van der Waals surface area contributed by atoms with E-state index in [-0.39, 0.29) is 0 Å². The van der Waals surface area contributed by atoms with Crippen LogP contribution in [0.1, 0.15) is 24.6 Å². The third kappa shape index (κ3) is 3.09. The molecule has 0 spiro atoms. The minimum Gasteiger partial charge on any atom is -0.384 e. The Morgan fingerprint density at radius 3 is 2.95 bits per heavy atom. The Labute approximate surface area is 115 Å². The number of rotatable bonds is 6. The summed E-state index contributed by atoms with van der Waals surface area (Å²) >= 11 is 0. The number of aryl methyl sites for hydroxylation is 2. The number of hydrogen-bond donors (Lipinski definition) is 1. The first-order valence-electron chi connectivity index (χ1n) is 7.14. The molecule has 0 aromatic carbocycles. The highest BCUT2D eigenvalue weighted by Crippen LogP contribution is 2.28. The molecule has 1 N–H and O–H groups in total. The van der Waals surface area contributed by atoms with E-state index in [9.17, 15) is 0 Å². The fraction of sp³-hybridized carbons (Fsp3) is 0.786. The number of hydrogen-bond acceptors (Lipinski definition) is 4. The van der Waals surface area contributed by atoms with Crippen molar-refractivity contribution in [3.8, 4) is 0 Å². The van der Waals surface area contributed by atoms with E-state index in [0.29, 0.717) is 5.92 Å². The predicted octanol–water partition coefficient (Wildman–Crippen LogP) is 1.31. The number of nitrogens with zero attached hydrogens (tertiary/aromatic N) is 3. The quantitative estimate of drug-likeness (QED) is 0.843. The zero-order valence-electron chi connectivity index (χ0n) is 12.6. The van der Waals surface area contributed by atoms with Crippen LogP contribution in [0.25, 0.3) is 0 Å². The van der Waals surface area contributed by atoms with Crippen LogP contribution in [0.4, 0.5) is 5.82 Å². The van der Waals surface area contributed by atoms with Crippen LogP contribution in [-0.2, 0) is 18.3 Å². The fourth-order valence-corrected chi connectivity index (χ4v) is 2.94. The Morgan fingerprint density at radius 1 is 1.47 bits per heavy atom. The van der Waals surface area contributed by atoms with Gasteiger partial charge in [0.2, 0.25) is 0 Å². The fourth-order valence-electron chi connectivity index (χ4n) is 2.94. The largest absolute Gasteiger partial charge is 0.384 e. The molecule has 0 aliphatic carbocycles. The molecule has 1 saturated heterocycles. The molecular weight excluding hydrogens is 240 g/mol. The second kappa shape index (κ2) is 6.39. The molecule has 19 heavy (non-hydrogen) atoms. The average molecular weight is 266 g/mol. The van der Waals surface area contributed by atoms with Crippen molar-refractivity contribution in [2.75, 3.05) is 38.3 Å². The van der Waals surface area contributed by atoms with Crippen molar-refractivity contribution < 1.29 is 4.74 Å². The molecule has 1 fully saturated rings. The van der Waals surface area contributed by atoms with Gasteiger partial charge in [-0.3, -0.25) is 4.68 Å². The van der Waals surface area contributed by atoms with E-state index in [1.54, 1.807) is 7.11 Å². The van der Waals surface area contributed by atoms with E-state index in [1.165, 1.54) is 17.8 Å². The van der Waals surface area contributed by atoms with Crippen molar-refractivity contribution in [2.24, 2.45) is 13.0 Å². The number of nitrogens with one attached hydrogen (secondary N) is 1. The van der Waals surface area contributed by atoms with Crippen molar-refractivity contribution in [2.45, 2.75) is 26.8 Å². The first-order chi connectivity index (χ1) is 9.17. The van der Waals surface area contributed by atoms with Crippen LogP contribution >= 0.6 is 0 Å². The average Bonchev–Trinajstić information content (AvgIpc) is 2.92. The molecule has 0 saturated carbocycles. The van der Waals surface area contributed by atoms with Crippen LogP contribution in [0.15, 0.2) is 0 Å². The maximum atomic E-state index is 5.28. The summed E-state index contributed by atoms with van der Waals surface area (Å²) in [6.45, 7) is 9.15. The number of ether oxygens (including phenoxy) is 1. The van der Waals surface area contributed by atoms with Crippen molar-refractivity contribution in [3.63, 3.8) is 0 Å². The molecule has 1 unspecified atom stereocenters. The summed E-state index contributed by atoms with van der Waals surface area (Å²) in [6.07, 6.45) is 1.21. The Kier molecular flexibility index (Phi) is 4.82. The van der Waals surface area contributed by atoms with Gasteiger partial charge < -0.3 is 15.0 Å². The second-order valence-electron chi connectivity index (χ2n) is 5.35. The zero-order valence-corrected chi connectivity index (χ0v) is 12.6. The van der Waals surface area contributed by atoms with Crippen molar-refractivity contribution in [1.82, 2.24) is 15.1 Å². The molecule has 0 radical (unpaired) electrons. The summed E-state index contributed by atoms with van der Waals surface area (Å²) in [5.41, 5.74) is 2.47. The molecule has 2 heterocycles. The van der Waals surface area contributed by atoms with Gasteiger partial charge in [0.15, 0.2) is 0 Å². The summed E-state index contributed by atoms with van der Waals surface area (Å²) in [4.78, 5) is 2.45. The summed E-state index contributed by atoms with van der Waals surface area (Å²) < 4.78 is 7.30. The van der Waals surface area contributed by atoms with Crippen LogP contribution in [0.3, 0.4) is 0 Å². The Bertz CT molecular complexity index is 416. The standard InChI is InChI=1S/C14H26N4O/c1-5-15-8-13-11(2)16-17(3)14(13)18-7-6-12(9-18)10-19-4/h12,15H,5-10H2,1-4H3. The molecule has 0 bridgehead atoms. The molecule has 1 aromatic rings. The predicted molar refractivity (Wildman–Crippen MR) is 77.5 cm³/mol. The number of aromatic nitrogens is 2. The van der Waals surface area contributed by atoms with E-state index in [4.69, 9.17) is 4.74 Å². The molecule has 2 rings (SSSR count). The smallest absolute Gasteiger partial charge is 0.131 e. The summed E-state index contributed by atoms with van der Waals surface area (Å²) in [5, 5.41) is 8.00. The van der Waals surface area contributed by atoms with Gasteiger partial charge in [0, 0.05) is 45.3 Å². The summed E-state index contributed by atoms with van der Waals surface area (Å²) in [5.74, 6) is 1.92. The lowest BCUT2D eigenvalue weighted by molar-refractivity contribution is 0.161. The normalized spacial score (nSPS) is 19.4. The lowest BCUT2D eigenvalue weighted by Crippen LogP contribution is -2.25. The monoisotopic (exact) mass is 266 g/mol. The molecule has 108 valence electrons. The van der Waals surface area contributed by atoms with Crippen molar-refractivity contribution in [3.05, 3.63) is 11.3 Å². The third-order valence-corrected chi connectivity index (χ3v) is 3.85. The molecule has 1 atom stereocenters. The Hall–Kier alpha value is -1.07. The molecule has 5 heteroatoms. The Morgan fingerprint density at radius 2 is 2.26 bits per heavy atom. The van der Waals surface area contributed by atoms with E-state index in [1.807, 2.05) is 11.7 Å². The molecule has 1 aromatic heterocycles. The maximum absolute atomic E-state index is 5.28. The van der Waals surface area contributed by atoms with Crippen LogP contribution in [0.2, 0.25) is 0 Å². The van der Waals surface area contributed by atoms with Gasteiger partial charge >= 0.3 is 0 Å². The highest BCUT2D eigenvalue weighted by atomic mass is 16.5. The minimum absolute atomic E-state index is 0.646. The summed E-state index contributed by atoms with van der Waals surface area (Å²) in [7, 11) is 3.83. The Balaban J connectivity index is 2.15. The molecule has 0 amide bonds. The van der Waals surface area contributed by atoms with E-state index in [2.05, 4.69) is 29.2 Å². The number of methoxy groups -OCH3 is 1. The highest BCUT2D eigenvalue weighted by Gasteiger charge is 2.27. The van der Waals surface area contributed by atoms with Crippen LogP contribution in [0.5, 0.6) is 0 Å². The molecule has 1 aliphatic heterocycles. The maximum Gasteiger partial charge on any atom is 0.131 e. The van der Waals surface area contributed by atoms with Gasteiger partial charge in [0.1, 0.15) is 5.82 Å². The van der Waals surface area contributed by atoms with Gasteiger partial charge in [-0.15, -0.1) is 0 Å². The molecule has 5 nitrogen and oxygen atoms in total. The van der Waals surface area contributed by atoms with Crippen molar-refractivity contribution >= 4 is 5.82 Å². The number of anilines is 1. The zero-order chi connectivity index (χ0) is 13.8. The lowest BCUT2D eigenvalue weighted by atomic mass is 10.1. The first kappa shape index (κ1) is 14.3. The summed E-state index contributed by atoms with van der Waals surface area (Å²) in [6, 6.07) is 0. The van der Waals surface area contributed by atoms with E-state index < -0.39 is 0 Å². The molecular formula is C14H26N4O. The minimum atomic E-state index is 0.646.